The Morgan fingerprint density at radius 3 is 3.11 bits per heavy atom. The summed E-state index contributed by atoms with van der Waals surface area (Å²) in [6.07, 6.45) is 6.61. The molecule has 1 aromatic heterocycles. The summed E-state index contributed by atoms with van der Waals surface area (Å²) in [5, 5.41) is 3.65. The normalized spacial score (nSPS) is 20.6. The summed E-state index contributed by atoms with van der Waals surface area (Å²) in [5.74, 6) is 0.940. The van der Waals surface area contributed by atoms with Gasteiger partial charge in [0.25, 0.3) is 0 Å². The Bertz CT molecular complexity index is 378. The van der Waals surface area contributed by atoms with E-state index in [1.807, 2.05) is 12.3 Å². The fraction of sp³-hybridized carbons (Fsp3) is 0.733. The highest BCUT2D eigenvalue weighted by atomic mass is 15.2. The van der Waals surface area contributed by atoms with Gasteiger partial charge in [-0.2, -0.15) is 0 Å². The Kier molecular flexibility index (Phi) is 5.73. The molecule has 1 atom stereocenters. The van der Waals surface area contributed by atoms with Crippen LogP contribution in [0.4, 0.5) is 0 Å². The monoisotopic (exact) mass is 262 g/mol. The molecule has 2 heterocycles. The van der Waals surface area contributed by atoms with Crippen LogP contribution < -0.4 is 5.32 Å². The molecule has 0 saturated carbocycles. The average molecular weight is 262 g/mol. The van der Waals surface area contributed by atoms with E-state index in [2.05, 4.69) is 34.0 Å². The molecule has 106 valence electrons. The van der Waals surface area contributed by atoms with E-state index in [1.165, 1.54) is 38.9 Å². The zero-order valence-corrected chi connectivity index (χ0v) is 12.2. The maximum absolute atomic E-state index is 4.54. The highest BCUT2D eigenvalue weighted by Crippen LogP contribution is 2.11. The van der Waals surface area contributed by atoms with Gasteiger partial charge in [0.1, 0.15) is 5.82 Å². The van der Waals surface area contributed by atoms with E-state index in [9.17, 15) is 0 Å². The standard InChI is InChI=1S/C15H26N4/c1-3-9-19-10-5-6-14(12-19)17-11-13-7-8-16-15(4-2)18-13/h7-8,14,17H,3-6,9-12H2,1-2H3. The first kappa shape index (κ1) is 14.4. The predicted octanol–water partition coefficient (Wildman–Crippen LogP) is 2.00. The smallest absolute Gasteiger partial charge is 0.128 e. The predicted molar refractivity (Wildman–Crippen MR) is 78.0 cm³/mol. The minimum absolute atomic E-state index is 0.611. The van der Waals surface area contributed by atoms with Crippen molar-refractivity contribution in [1.82, 2.24) is 20.2 Å². The molecule has 1 aliphatic heterocycles. The van der Waals surface area contributed by atoms with Crippen molar-refractivity contribution in [3.8, 4) is 0 Å². The van der Waals surface area contributed by atoms with Crippen LogP contribution in [0.1, 0.15) is 44.6 Å². The van der Waals surface area contributed by atoms with Crippen LogP contribution in [-0.4, -0.2) is 40.5 Å². The van der Waals surface area contributed by atoms with Crippen LogP contribution in [0, 0.1) is 0 Å². The van der Waals surface area contributed by atoms with E-state index in [-0.39, 0.29) is 0 Å². The molecule has 0 bridgehead atoms. The lowest BCUT2D eigenvalue weighted by Gasteiger charge is -2.33. The van der Waals surface area contributed by atoms with Crippen molar-refractivity contribution in [2.75, 3.05) is 19.6 Å². The number of aryl methyl sites for hydroxylation is 1. The minimum Gasteiger partial charge on any atom is -0.307 e. The van der Waals surface area contributed by atoms with Crippen LogP contribution in [0.5, 0.6) is 0 Å². The number of hydrogen-bond donors (Lipinski definition) is 1. The Hall–Kier alpha value is -1.00. The maximum atomic E-state index is 4.54. The Morgan fingerprint density at radius 1 is 1.42 bits per heavy atom. The first-order chi connectivity index (χ1) is 9.31. The number of nitrogens with one attached hydrogen (secondary N) is 1. The van der Waals surface area contributed by atoms with Crippen molar-refractivity contribution >= 4 is 0 Å². The van der Waals surface area contributed by atoms with Crippen LogP contribution >= 0.6 is 0 Å². The van der Waals surface area contributed by atoms with Gasteiger partial charge in [-0.1, -0.05) is 13.8 Å². The first-order valence-corrected chi connectivity index (χ1v) is 7.58. The van der Waals surface area contributed by atoms with Gasteiger partial charge in [0.2, 0.25) is 0 Å². The van der Waals surface area contributed by atoms with Crippen LogP contribution in [0.2, 0.25) is 0 Å². The molecule has 1 aliphatic rings. The fourth-order valence-corrected chi connectivity index (χ4v) is 2.70. The quantitative estimate of drug-likeness (QED) is 0.851. The topological polar surface area (TPSA) is 41.0 Å². The molecule has 1 fully saturated rings. The van der Waals surface area contributed by atoms with E-state index < -0.39 is 0 Å². The molecule has 1 aromatic rings. The van der Waals surface area contributed by atoms with Crippen molar-refractivity contribution in [3.05, 3.63) is 23.8 Å². The van der Waals surface area contributed by atoms with Gasteiger partial charge in [0.15, 0.2) is 0 Å². The van der Waals surface area contributed by atoms with Crippen LogP contribution in [-0.2, 0) is 13.0 Å². The van der Waals surface area contributed by atoms with E-state index in [1.54, 1.807) is 0 Å². The van der Waals surface area contributed by atoms with E-state index >= 15 is 0 Å². The third-order valence-electron chi connectivity index (χ3n) is 3.70. The fourth-order valence-electron chi connectivity index (χ4n) is 2.70. The molecule has 1 N–H and O–H groups in total. The Morgan fingerprint density at radius 2 is 2.32 bits per heavy atom. The maximum Gasteiger partial charge on any atom is 0.128 e. The van der Waals surface area contributed by atoms with Gasteiger partial charge in [-0.25, -0.2) is 9.97 Å². The largest absolute Gasteiger partial charge is 0.307 e. The van der Waals surface area contributed by atoms with Gasteiger partial charge in [-0.15, -0.1) is 0 Å². The summed E-state index contributed by atoms with van der Waals surface area (Å²) in [5.41, 5.74) is 1.11. The van der Waals surface area contributed by atoms with E-state index in [4.69, 9.17) is 0 Å². The number of piperidine rings is 1. The van der Waals surface area contributed by atoms with Gasteiger partial charge in [0.05, 0.1) is 5.69 Å². The van der Waals surface area contributed by atoms with Crippen molar-refractivity contribution < 1.29 is 0 Å². The lowest BCUT2D eigenvalue weighted by atomic mass is 10.1. The molecule has 4 heteroatoms. The summed E-state index contributed by atoms with van der Waals surface area (Å²) >= 11 is 0. The van der Waals surface area contributed by atoms with Crippen molar-refractivity contribution in [2.45, 2.75) is 52.1 Å². The average Bonchev–Trinajstić information content (AvgIpc) is 2.46. The molecule has 4 nitrogen and oxygen atoms in total. The zero-order valence-electron chi connectivity index (χ0n) is 12.2. The third-order valence-corrected chi connectivity index (χ3v) is 3.70. The Balaban J connectivity index is 1.80. The first-order valence-electron chi connectivity index (χ1n) is 7.58. The van der Waals surface area contributed by atoms with E-state index in [0.717, 1.165) is 24.5 Å². The van der Waals surface area contributed by atoms with Gasteiger partial charge >= 0.3 is 0 Å². The second kappa shape index (κ2) is 7.56. The zero-order chi connectivity index (χ0) is 13.5. The second-order valence-electron chi connectivity index (χ2n) is 5.34. The van der Waals surface area contributed by atoms with Crippen LogP contribution in [0.3, 0.4) is 0 Å². The molecular formula is C15H26N4. The van der Waals surface area contributed by atoms with Gasteiger partial charge in [-0.3, -0.25) is 0 Å². The van der Waals surface area contributed by atoms with Crippen LogP contribution in [0.25, 0.3) is 0 Å². The summed E-state index contributed by atoms with van der Waals surface area (Å²) < 4.78 is 0. The summed E-state index contributed by atoms with van der Waals surface area (Å²) in [6.45, 7) is 8.88. The summed E-state index contributed by atoms with van der Waals surface area (Å²) in [4.78, 5) is 11.4. The number of nitrogens with zero attached hydrogens (tertiary/aromatic N) is 3. The number of aromatic nitrogens is 2. The Labute approximate surface area is 116 Å². The molecule has 0 aromatic carbocycles. The molecule has 2 rings (SSSR count). The van der Waals surface area contributed by atoms with Gasteiger partial charge in [0, 0.05) is 31.7 Å². The summed E-state index contributed by atoms with van der Waals surface area (Å²) in [7, 11) is 0. The molecule has 0 amide bonds. The van der Waals surface area contributed by atoms with Crippen LogP contribution in [0.15, 0.2) is 12.3 Å². The van der Waals surface area contributed by atoms with Gasteiger partial charge in [-0.05, 0) is 38.4 Å². The molecular weight excluding hydrogens is 236 g/mol. The van der Waals surface area contributed by atoms with Gasteiger partial charge < -0.3 is 10.2 Å². The molecule has 19 heavy (non-hydrogen) atoms. The lowest BCUT2D eigenvalue weighted by molar-refractivity contribution is 0.190. The molecule has 0 radical (unpaired) electrons. The van der Waals surface area contributed by atoms with Crippen molar-refractivity contribution in [2.24, 2.45) is 0 Å². The SMILES string of the molecule is CCCN1CCCC(NCc2ccnc(CC)n2)C1. The summed E-state index contributed by atoms with van der Waals surface area (Å²) in [6, 6.07) is 2.62. The number of rotatable bonds is 6. The molecule has 1 unspecified atom stereocenters. The highest BCUT2D eigenvalue weighted by Gasteiger charge is 2.18. The molecule has 0 aliphatic carbocycles. The lowest BCUT2D eigenvalue weighted by Crippen LogP contribution is -2.45. The van der Waals surface area contributed by atoms with Crippen molar-refractivity contribution in [3.63, 3.8) is 0 Å². The van der Waals surface area contributed by atoms with E-state index in [0.29, 0.717) is 6.04 Å². The highest BCUT2D eigenvalue weighted by molar-refractivity contribution is 5.02. The minimum atomic E-state index is 0.611. The number of hydrogen-bond acceptors (Lipinski definition) is 4. The van der Waals surface area contributed by atoms with Crippen molar-refractivity contribution in [1.29, 1.82) is 0 Å². The molecule has 0 spiro atoms. The third kappa shape index (κ3) is 4.55. The second-order valence-corrected chi connectivity index (χ2v) is 5.34. The number of likely N-dealkylation sites (tertiary alicyclic amines) is 1. The molecule has 1 saturated heterocycles.